The molecule has 1 atom stereocenters. The highest BCUT2D eigenvalue weighted by Gasteiger charge is 2.21. The number of allylic oxidation sites excluding steroid dienone is 3. The summed E-state index contributed by atoms with van der Waals surface area (Å²) in [6.07, 6.45) is 7.17. The van der Waals surface area contributed by atoms with Gasteiger partial charge in [0.1, 0.15) is 0 Å². The predicted molar refractivity (Wildman–Crippen MR) is 46.1 cm³/mol. The third-order valence-corrected chi connectivity index (χ3v) is 2.46. The molecule has 0 amide bonds. The summed E-state index contributed by atoms with van der Waals surface area (Å²) in [5.41, 5.74) is 1.28. The van der Waals surface area contributed by atoms with Crippen LogP contribution < -0.4 is 0 Å². The zero-order valence-corrected chi connectivity index (χ0v) is 7.11. The highest BCUT2D eigenvalue weighted by molar-refractivity contribution is 7.95. The molecule has 0 aromatic carbocycles. The minimum Gasteiger partial charge on any atom is -0.329 e. The summed E-state index contributed by atoms with van der Waals surface area (Å²) in [6.45, 7) is 4.09. The third-order valence-electron chi connectivity index (χ3n) is 1.74. The molecular formula is C8H12OS. The van der Waals surface area contributed by atoms with Crippen molar-refractivity contribution in [1.82, 2.24) is 0 Å². The first kappa shape index (κ1) is 7.89. The van der Waals surface area contributed by atoms with E-state index in [9.17, 15) is 0 Å². The van der Waals surface area contributed by atoms with E-state index in [0.29, 0.717) is 0 Å². The van der Waals surface area contributed by atoms with E-state index in [2.05, 4.69) is 13.0 Å². The molecule has 10 heavy (non-hydrogen) atoms. The van der Waals surface area contributed by atoms with Crippen molar-refractivity contribution in [1.29, 1.82) is 0 Å². The van der Waals surface area contributed by atoms with E-state index in [0.717, 1.165) is 18.5 Å². The van der Waals surface area contributed by atoms with Crippen molar-refractivity contribution in [2.75, 3.05) is 0 Å². The molecule has 0 saturated carbocycles. The van der Waals surface area contributed by atoms with Crippen LogP contribution in [0.1, 0.15) is 20.3 Å². The Bertz CT molecular complexity index is 184. The predicted octanol–water partition coefficient (Wildman–Crippen LogP) is 2.86. The maximum Gasteiger partial charge on any atom is 0.0608 e. The minimum absolute atomic E-state index is 0.0838. The molecule has 2 heteroatoms. The highest BCUT2D eigenvalue weighted by atomic mass is 32.2. The van der Waals surface area contributed by atoms with E-state index < -0.39 is 0 Å². The fourth-order valence-corrected chi connectivity index (χ4v) is 1.16. The van der Waals surface area contributed by atoms with Crippen LogP contribution in [0.2, 0.25) is 0 Å². The van der Waals surface area contributed by atoms with Crippen LogP contribution in [-0.4, -0.2) is 9.30 Å². The van der Waals surface area contributed by atoms with Gasteiger partial charge in [-0.25, -0.2) is 0 Å². The van der Waals surface area contributed by atoms with Gasteiger partial charge in [-0.1, -0.05) is 23.8 Å². The molecule has 0 aromatic rings. The normalized spacial score (nSPS) is 32.1. The van der Waals surface area contributed by atoms with E-state index in [1.54, 1.807) is 0 Å². The molecule has 1 aliphatic rings. The fourth-order valence-electron chi connectivity index (χ4n) is 0.875. The van der Waals surface area contributed by atoms with E-state index in [-0.39, 0.29) is 4.75 Å². The van der Waals surface area contributed by atoms with Gasteiger partial charge in [-0.3, -0.25) is 0 Å². The lowest BCUT2D eigenvalue weighted by Crippen LogP contribution is -2.16. The summed E-state index contributed by atoms with van der Waals surface area (Å²) in [5.74, 6) is 0. The number of hydrogen-bond acceptors (Lipinski definition) is 2. The van der Waals surface area contributed by atoms with Crippen LogP contribution in [0.3, 0.4) is 0 Å². The second-order valence-electron chi connectivity index (χ2n) is 2.89. The largest absolute Gasteiger partial charge is 0.329 e. The van der Waals surface area contributed by atoms with Crippen LogP contribution in [0.15, 0.2) is 23.8 Å². The van der Waals surface area contributed by atoms with Gasteiger partial charge in [0.25, 0.3) is 0 Å². The lowest BCUT2D eigenvalue weighted by Gasteiger charge is -2.22. The molecule has 0 aliphatic heterocycles. The third kappa shape index (κ3) is 1.64. The van der Waals surface area contributed by atoms with Crippen LogP contribution in [0.4, 0.5) is 0 Å². The Morgan fingerprint density at radius 3 is 2.80 bits per heavy atom. The Balaban J connectivity index is 2.67. The van der Waals surface area contributed by atoms with E-state index >= 15 is 0 Å². The van der Waals surface area contributed by atoms with Gasteiger partial charge in [-0.05, 0) is 32.3 Å². The SMILES string of the molecule is CC1=CCC(C)(SO)C=C1. The Hall–Kier alpha value is -0.210. The van der Waals surface area contributed by atoms with Crippen LogP contribution in [0.25, 0.3) is 0 Å². The van der Waals surface area contributed by atoms with Gasteiger partial charge in [0.15, 0.2) is 0 Å². The van der Waals surface area contributed by atoms with Crippen LogP contribution >= 0.6 is 12.0 Å². The lowest BCUT2D eigenvalue weighted by atomic mass is 9.98. The average molecular weight is 156 g/mol. The first-order valence-electron chi connectivity index (χ1n) is 3.35. The molecular weight excluding hydrogens is 144 g/mol. The smallest absolute Gasteiger partial charge is 0.0608 e. The van der Waals surface area contributed by atoms with Crippen molar-refractivity contribution in [3.05, 3.63) is 23.8 Å². The zero-order chi connectivity index (χ0) is 7.61. The summed E-state index contributed by atoms with van der Waals surface area (Å²) >= 11 is 0.919. The first-order chi connectivity index (χ1) is 4.66. The summed E-state index contributed by atoms with van der Waals surface area (Å²) in [6, 6.07) is 0. The van der Waals surface area contributed by atoms with Crippen LogP contribution in [0, 0.1) is 0 Å². The van der Waals surface area contributed by atoms with Gasteiger partial charge < -0.3 is 4.55 Å². The molecule has 0 fully saturated rings. The van der Waals surface area contributed by atoms with E-state index in [1.165, 1.54) is 5.57 Å². The summed E-state index contributed by atoms with van der Waals surface area (Å²) in [7, 11) is 0. The standard InChI is InChI=1S/C8H12OS/c1-7-3-5-8(2,10-9)6-4-7/h3-5,9H,6H2,1-2H3. The summed E-state index contributed by atoms with van der Waals surface area (Å²) < 4.78 is 8.79. The van der Waals surface area contributed by atoms with Crippen LogP contribution in [-0.2, 0) is 0 Å². The van der Waals surface area contributed by atoms with Gasteiger partial charge in [-0.2, -0.15) is 0 Å². The van der Waals surface area contributed by atoms with Gasteiger partial charge in [0, 0.05) is 0 Å². The van der Waals surface area contributed by atoms with Crippen molar-refractivity contribution in [2.24, 2.45) is 0 Å². The fraction of sp³-hybridized carbons (Fsp3) is 0.500. The monoisotopic (exact) mass is 156 g/mol. The molecule has 0 bridgehead atoms. The van der Waals surface area contributed by atoms with Crippen molar-refractivity contribution in [3.8, 4) is 0 Å². The second-order valence-corrected chi connectivity index (χ2v) is 4.00. The minimum atomic E-state index is -0.0838. The average Bonchev–Trinajstić information content (AvgIpc) is 1.96. The molecule has 0 aromatic heterocycles. The van der Waals surface area contributed by atoms with Gasteiger partial charge in [-0.15, -0.1) is 0 Å². The molecule has 0 spiro atoms. The quantitative estimate of drug-likeness (QED) is 0.589. The van der Waals surface area contributed by atoms with Gasteiger partial charge in [0.05, 0.1) is 4.75 Å². The van der Waals surface area contributed by atoms with Crippen molar-refractivity contribution >= 4 is 12.0 Å². The lowest BCUT2D eigenvalue weighted by molar-refractivity contribution is 0.625. The first-order valence-corrected chi connectivity index (χ1v) is 4.12. The molecule has 56 valence electrons. The Kier molecular flexibility index (Phi) is 2.21. The molecule has 0 heterocycles. The number of rotatable bonds is 1. The van der Waals surface area contributed by atoms with Crippen molar-refractivity contribution in [2.45, 2.75) is 25.0 Å². The van der Waals surface area contributed by atoms with Crippen LogP contribution in [0.5, 0.6) is 0 Å². The van der Waals surface area contributed by atoms with Crippen molar-refractivity contribution in [3.63, 3.8) is 0 Å². The highest BCUT2D eigenvalue weighted by Crippen LogP contribution is 2.31. The van der Waals surface area contributed by atoms with E-state index in [4.69, 9.17) is 4.55 Å². The summed E-state index contributed by atoms with van der Waals surface area (Å²) in [4.78, 5) is 0. The molecule has 0 radical (unpaired) electrons. The maximum atomic E-state index is 8.87. The second kappa shape index (κ2) is 2.81. The van der Waals surface area contributed by atoms with E-state index in [1.807, 2.05) is 19.1 Å². The topological polar surface area (TPSA) is 20.2 Å². The Morgan fingerprint density at radius 1 is 1.70 bits per heavy atom. The summed E-state index contributed by atoms with van der Waals surface area (Å²) in [5, 5.41) is 0. The van der Waals surface area contributed by atoms with Crippen molar-refractivity contribution < 1.29 is 4.55 Å². The molecule has 1 N–H and O–H groups in total. The molecule has 1 rings (SSSR count). The van der Waals surface area contributed by atoms with Gasteiger partial charge >= 0.3 is 0 Å². The molecule has 0 saturated heterocycles. The molecule has 1 unspecified atom stereocenters. The molecule has 1 nitrogen and oxygen atoms in total. The Labute approximate surface area is 66.0 Å². The van der Waals surface area contributed by atoms with Gasteiger partial charge in [0.2, 0.25) is 0 Å². The number of hydrogen-bond donors (Lipinski definition) is 1. The molecule has 1 aliphatic carbocycles. The maximum absolute atomic E-state index is 8.87. The Morgan fingerprint density at radius 2 is 2.40 bits per heavy atom. The zero-order valence-electron chi connectivity index (χ0n) is 6.29.